The Morgan fingerprint density at radius 3 is 2.79 bits per heavy atom. The molecule has 0 atom stereocenters. The number of pyridine rings is 1. The van der Waals surface area contributed by atoms with E-state index in [4.69, 9.17) is 5.73 Å². The van der Waals surface area contributed by atoms with Crippen molar-refractivity contribution in [1.82, 2.24) is 20.0 Å². The molecule has 0 spiro atoms. The Morgan fingerprint density at radius 2 is 2.21 bits per heavy atom. The second-order valence-electron chi connectivity index (χ2n) is 3.11. The van der Waals surface area contributed by atoms with Crippen molar-refractivity contribution < 1.29 is 0 Å². The predicted molar refractivity (Wildman–Crippen MR) is 52.5 cm³/mol. The van der Waals surface area contributed by atoms with Crippen LogP contribution in [0.2, 0.25) is 0 Å². The van der Waals surface area contributed by atoms with Gasteiger partial charge < -0.3 is 5.73 Å². The molecule has 0 bridgehead atoms. The summed E-state index contributed by atoms with van der Waals surface area (Å²) in [6.07, 6.45) is 3.34. The fraction of sp³-hybridized carbons (Fsp3) is 0.222. The van der Waals surface area contributed by atoms with Gasteiger partial charge in [-0.25, -0.2) is 0 Å². The summed E-state index contributed by atoms with van der Waals surface area (Å²) in [5, 5.41) is 7.97. The van der Waals surface area contributed by atoms with E-state index in [1.54, 1.807) is 4.80 Å². The van der Waals surface area contributed by atoms with E-state index in [1.165, 1.54) is 6.20 Å². The zero-order chi connectivity index (χ0) is 9.97. The van der Waals surface area contributed by atoms with E-state index < -0.39 is 0 Å². The average molecular weight is 189 g/mol. The maximum atomic E-state index is 5.45. The Labute approximate surface area is 81.6 Å². The Morgan fingerprint density at radius 1 is 1.36 bits per heavy atom. The lowest BCUT2D eigenvalue weighted by Gasteiger charge is -1.99. The quantitative estimate of drug-likeness (QED) is 0.751. The van der Waals surface area contributed by atoms with Gasteiger partial charge in [-0.2, -0.15) is 9.90 Å². The molecular weight excluding hydrogens is 178 g/mol. The van der Waals surface area contributed by atoms with Gasteiger partial charge in [-0.1, -0.05) is 6.07 Å². The Hall–Kier alpha value is -1.91. The highest BCUT2D eigenvalue weighted by Gasteiger charge is 1.98. The first-order chi connectivity index (χ1) is 6.74. The van der Waals surface area contributed by atoms with Crippen molar-refractivity contribution in [3.8, 4) is 0 Å². The Bertz CT molecular complexity index is 417. The van der Waals surface area contributed by atoms with Gasteiger partial charge >= 0.3 is 0 Å². The third kappa shape index (κ3) is 1.87. The molecule has 2 aromatic rings. The molecule has 0 amide bonds. The number of anilines is 1. The van der Waals surface area contributed by atoms with Crippen molar-refractivity contribution in [2.24, 2.45) is 0 Å². The molecule has 0 saturated carbocycles. The second kappa shape index (κ2) is 3.45. The number of aromatic nitrogens is 4. The molecule has 0 radical (unpaired) electrons. The number of hydrogen-bond acceptors (Lipinski definition) is 4. The molecule has 2 N–H and O–H groups in total. The van der Waals surface area contributed by atoms with Crippen LogP contribution in [0.25, 0.3) is 0 Å². The Kier molecular flexibility index (Phi) is 2.14. The van der Waals surface area contributed by atoms with Gasteiger partial charge in [0, 0.05) is 11.9 Å². The molecule has 2 rings (SSSR count). The van der Waals surface area contributed by atoms with Crippen molar-refractivity contribution in [1.29, 1.82) is 0 Å². The molecule has 0 aliphatic rings. The van der Waals surface area contributed by atoms with Crippen LogP contribution in [0.3, 0.4) is 0 Å². The fourth-order valence-electron chi connectivity index (χ4n) is 1.14. The summed E-state index contributed by atoms with van der Waals surface area (Å²) in [6.45, 7) is 2.55. The van der Waals surface area contributed by atoms with Gasteiger partial charge in [0.1, 0.15) is 0 Å². The van der Waals surface area contributed by atoms with E-state index >= 15 is 0 Å². The van der Waals surface area contributed by atoms with Gasteiger partial charge in [0.05, 0.1) is 12.7 Å². The van der Waals surface area contributed by atoms with Gasteiger partial charge in [-0.05, 0) is 18.6 Å². The molecule has 5 nitrogen and oxygen atoms in total. The standard InChI is InChI=1S/C9H11N5/c1-7-2-3-8(4-11-7)6-14-12-5-9(10)13-14/h2-5H,6H2,1H3,(H2,10,13). The van der Waals surface area contributed by atoms with Crippen LogP contribution < -0.4 is 5.73 Å². The van der Waals surface area contributed by atoms with Crippen molar-refractivity contribution >= 4 is 5.82 Å². The summed E-state index contributed by atoms with van der Waals surface area (Å²) in [5.41, 5.74) is 7.51. The van der Waals surface area contributed by atoms with Crippen LogP contribution in [0.5, 0.6) is 0 Å². The topological polar surface area (TPSA) is 69.6 Å². The molecule has 0 aliphatic heterocycles. The molecule has 5 heteroatoms. The van der Waals surface area contributed by atoms with Crippen molar-refractivity contribution in [3.05, 3.63) is 35.8 Å². The predicted octanol–water partition coefficient (Wildman–Crippen LogP) is 0.612. The normalized spacial score (nSPS) is 10.4. The van der Waals surface area contributed by atoms with Crippen LogP contribution in [-0.2, 0) is 6.54 Å². The SMILES string of the molecule is Cc1ccc(Cn2ncc(N)n2)cn1. The summed E-state index contributed by atoms with van der Waals surface area (Å²) < 4.78 is 0. The molecule has 0 aliphatic carbocycles. The highest BCUT2D eigenvalue weighted by Crippen LogP contribution is 2.01. The van der Waals surface area contributed by atoms with E-state index in [9.17, 15) is 0 Å². The molecule has 2 heterocycles. The van der Waals surface area contributed by atoms with Gasteiger partial charge in [-0.3, -0.25) is 4.98 Å². The van der Waals surface area contributed by atoms with Crippen LogP contribution in [0.15, 0.2) is 24.5 Å². The number of hydrogen-bond donors (Lipinski definition) is 1. The minimum absolute atomic E-state index is 0.435. The molecule has 14 heavy (non-hydrogen) atoms. The number of rotatable bonds is 2. The van der Waals surface area contributed by atoms with E-state index in [1.807, 2.05) is 25.3 Å². The highest BCUT2D eigenvalue weighted by molar-refractivity contribution is 5.20. The van der Waals surface area contributed by atoms with E-state index in [-0.39, 0.29) is 0 Å². The van der Waals surface area contributed by atoms with Gasteiger partial charge in [0.15, 0.2) is 5.82 Å². The first kappa shape index (κ1) is 8.68. The lowest BCUT2D eigenvalue weighted by Crippen LogP contribution is -2.04. The van der Waals surface area contributed by atoms with Crippen molar-refractivity contribution in [2.45, 2.75) is 13.5 Å². The maximum Gasteiger partial charge on any atom is 0.165 e. The number of nitrogens with two attached hydrogens (primary N) is 1. The molecule has 2 aromatic heterocycles. The molecule has 0 saturated heterocycles. The zero-order valence-corrected chi connectivity index (χ0v) is 7.88. The lowest BCUT2D eigenvalue weighted by atomic mass is 10.2. The highest BCUT2D eigenvalue weighted by atomic mass is 15.5. The van der Waals surface area contributed by atoms with Gasteiger partial charge in [-0.15, -0.1) is 5.10 Å². The number of nitrogens with zero attached hydrogens (tertiary/aromatic N) is 4. The first-order valence-corrected chi connectivity index (χ1v) is 4.31. The number of nitrogen functional groups attached to an aromatic ring is 1. The van der Waals surface area contributed by atoms with Crippen LogP contribution in [-0.4, -0.2) is 20.0 Å². The summed E-state index contributed by atoms with van der Waals surface area (Å²) in [4.78, 5) is 5.73. The third-order valence-electron chi connectivity index (χ3n) is 1.85. The maximum absolute atomic E-state index is 5.45. The third-order valence-corrected chi connectivity index (χ3v) is 1.85. The minimum Gasteiger partial charge on any atom is -0.381 e. The zero-order valence-electron chi connectivity index (χ0n) is 7.88. The van der Waals surface area contributed by atoms with E-state index in [0.717, 1.165) is 11.3 Å². The van der Waals surface area contributed by atoms with E-state index in [2.05, 4.69) is 15.2 Å². The molecule has 0 aromatic carbocycles. The first-order valence-electron chi connectivity index (χ1n) is 4.31. The van der Waals surface area contributed by atoms with Gasteiger partial charge in [0.25, 0.3) is 0 Å². The molecule has 0 unspecified atom stereocenters. The largest absolute Gasteiger partial charge is 0.381 e. The van der Waals surface area contributed by atoms with Gasteiger partial charge in [0.2, 0.25) is 0 Å². The molecule has 72 valence electrons. The molecular formula is C9H11N5. The Balaban J connectivity index is 2.15. The summed E-state index contributed by atoms with van der Waals surface area (Å²) in [7, 11) is 0. The monoisotopic (exact) mass is 189 g/mol. The smallest absolute Gasteiger partial charge is 0.165 e. The summed E-state index contributed by atoms with van der Waals surface area (Å²) in [6, 6.07) is 3.96. The fourth-order valence-corrected chi connectivity index (χ4v) is 1.14. The summed E-state index contributed by atoms with van der Waals surface area (Å²) in [5.74, 6) is 0.435. The molecule has 0 fully saturated rings. The van der Waals surface area contributed by atoms with Crippen LogP contribution >= 0.6 is 0 Å². The lowest BCUT2D eigenvalue weighted by molar-refractivity contribution is 0.591. The summed E-state index contributed by atoms with van der Waals surface area (Å²) >= 11 is 0. The van der Waals surface area contributed by atoms with E-state index in [0.29, 0.717) is 12.4 Å². The van der Waals surface area contributed by atoms with Crippen LogP contribution in [0.1, 0.15) is 11.3 Å². The van der Waals surface area contributed by atoms with Crippen LogP contribution in [0, 0.1) is 6.92 Å². The van der Waals surface area contributed by atoms with Crippen molar-refractivity contribution in [2.75, 3.05) is 5.73 Å². The average Bonchev–Trinajstić information content (AvgIpc) is 2.56. The minimum atomic E-state index is 0.435. The van der Waals surface area contributed by atoms with Crippen LogP contribution in [0.4, 0.5) is 5.82 Å². The second-order valence-corrected chi connectivity index (χ2v) is 3.11. The number of aryl methyl sites for hydroxylation is 1. The van der Waals surface area contributed by atoms with Crippen molar-refractivity contribution in [3.63, 3.8) is 0 Å².